The summed E-state index contributed by atoms with van der Waals surface area (Å²) in [5.41, 5.74) is 5.23. The van der Waals surface area contributed by atoms with Gasteiger partial charge in [-0.15, -0.1) is 0 Å². The average molecular weight is 285 g/mol. The van der Waals surface area contributed by atoms with Crippen LogP contribution in [0, 0.1) is 0 Å². The first-order valence-corrected chi connectivity index (χ1v) is 6.07. The molecule has 1 aromatic heterocycles. The molecule has 0 aliphatic heterocycles. The first-order chi connectivity index (χ1) is 8.13. The number of aliphatic hydroxyl groups is 1. The van der Waals surface area contributed by atoms with Crippen molar-refractivity contribution in [2.45, 2.75) is 17.2 Å². The SMILES string of the molecule is Nc1ccc(S(=O)(=O)NCC(O)C(F)(F)F)cn1. The van der Waals surface area contributed by atoms with Gasteiger partial charge < -0.3 is 10.8 Å². The van der Waals surface area contributed by atoms with Crippen molar-refractivity contribution < 1.29 is 26.7 Å². The zero-order valence-corrected chi connectivity index (χ0v) is 9.66. The highest BCUT2D eigenvalue weighted by Gasteiger charge is 2.38. The number of hydrogen-bond donors (Lipinski definition) is 3. The lowest BCUT2D eigenvalue weighted by molar-refractivity contribution is -0.200. The number of nitrogens with two attached hydrogens (primary N) is 1. The van der Waals surface area contributed by atoms with Crippen LogP contribution in [-0.4, -0.2) is 37.3 Å². The number of nitrogens with zero attached hydrogens (tertiary/aromatic N) is 1. The van der Waals surface area contributed by atoms with E-state index in [4.69, 9.17) is 10.8 Å². The van der Waals surface area contributed by atoms with E-state index in [0.717, 1.165) is 12.3 Å². The number of nitrogen functional groups attached to an aromatic ring is 1. The fourth-order valence-electron chi connectivity index (χ4n) is 0.938. The fourth-order valence-corrected chi connectivity index (χ4v) is 1.92. The molecule has 0 amide bonds. The monoisotopic (exact) mass is 285 g/mol. The number of sulfonamides is 1. The van der Waals surface area contributed by atoms with Crippen molar-refractivity contribution in [3.8, 4) is 0 Å². The zero-order chi connectivity index (χ0) is 14.0. The first kappa shape index (κ1) is 14.7. The summed E-state index contributed by atoms with van der Waals surface area (Å²) in [5, 5.41) is 8.65. The van der Waals surface area contributed by atoms with Gasteiger partial charge in [-0.3, -0.25) is 0 Å². The van der Waals surface area contributed by atoms with Gasteiger partial charge in [-0.1, -0.05) is 0 Å². The van der Waals surface area contributed by atoms with Gasteiger partial charge in [-0.05, 0) is 12.1 Å². The summed E-state index contributed by atoms with van der Waals surface area (Å²) in [6.45, 7) is -1.17. The van der Waals surface area contributed by atoms with E-state index in [0.29, 0.717) is 0 Å². The van der Waals surface area contributed by atoms with E-state index in [1.165, 1.54) is 6.07 Å². The van der Waals surface area contributed by atoms with Gasteiger partial charge in [-0.2, -0.15) is 13.2 Å². The maximum Gasteiger partial charge on any atom is 0.415 e. The molecule has 0 spiro atoms. The third-order valence-corrected chi connectivity index (χ3v) is 3.32. The van der Waals surface area contributed by atoms with Gasteiger partial charge in [-0.25, -0.2) is 18.1 Å². The maximum absolute atomic E-state index is 12.0. The van der Waals surface area contributed by atoms with E-state index in [-0.39, 0.29) is 10.7 Å². The molecule has 1 heterocycles. The van der Waals surface area contributed by atoms with Crippen LogP contribution in [0.5, 0.6) is 0 Å². The summed E-state index contributed by atoms with van der Waals surface area (Å²) in [7, 11) is -4.16. The maximum atomic E-state index is 12.0. The van der Waals surface area contributed by atoms with Crippen molar-refractivity contribution in [2.24, 2.45) is 0 Å². The highest BCUT2D eigenvalue weighted by Crippen LogP contribution is 2.19. The Kier molecular flexibility index (Phi) is 4.14. The highest BCUT2D eigenvalue weighted by atomic mass is 32.2. The predicted octanol–water partition coefficient (Wildman–Crippen LogP) is -0.135. The molecule has 102 valence electrons. The van der Waals surface area contributed by atoms with Crippen LogP contribution in [-0.2, 0) is 10.0 Å². The molecule has 1 aromatic rings. The second kappa shape index (κ2) is 5.08. The van der Waals surface area contributed by atoms with Crippen LogP contribution < -0.4 is 10.5 Å². The Morgan fingerprint density at radius 2 is 2.06 bits per heavy atom. The molecule has 0 aliphatic carbocycles. The molecule has 4 N–H and O–H groups in total. The Bertz CT molecular complexity index is 501. The standard InChI is InChI=1S/C8H10F3N3O3S/c9-8(10,11)6(15)4-14-18(16,17)5-1-2-7(12)13-3-5/h1-3,6,14-15H,4H2,(H2,12,13). The van der Waals surface area contributed by atoms with Crippen LogP contribution in [0.2, 0.25) is 0 Å². The lowest BCUT2D eigenvalue weighted by atomic mass is 10.4. The Hall–Kier alpha value is -1.39. The molecule has 0 aliphatic rings. The molecule has 10 heteroatoms. The number of nitrogens with one attached hydrogen (secondary N) is 1. The number of aromatic nitrogens is 1. The lowest BCUT2D eigenvalue weighted by Gasteiger charge is -2.15. The third-order valence-electron chi connectivity index (χ3n) is 1.91. The minimum Gasteiger partial charge on any atom is -0.384 e. The van der Waals surface area contributed by atoms with Crippen LogP contribution in [0.4, 0.5) is 19.0 Å². The van der Waals surface area contributed by atoms with Gasteiger partial charge >= 0.3 is 6.18 Å². The molecule has 1 rings (SSSR count). The number of halogens is 3. The Morgan fingerprint density at radius 3 is 2.50 bits per heavy atom. The van der Waals surface area contributed by atoms with Crippen LogP contribution in [0.1, 0.15) is 0 Å². The summed E-state index contributed by atoms with van der Waals surface area (Å²) in [4.78, 5) is 3.15. The van der Waals surface area contributed by atoms with Crippen LogP contribution in [0.3, 0.4) is 0 Å². The smallest absolute Gasteiger partial charge is 0.384 e. The molecule has 0 fully saturated rings. The van der Waals surface area contributed by atoms with Crippen LogP contribution >= 0.6 is 0 Å². The molecule has 0 bridgehead atoms. The van der Waals surface area contributed by atoms with E-state index < -0.39 is 28.8 Å². The summed E-state index contributed by atoms with van der Waals surface area (Å²) in [6.07, 6.45) is -6.76. The molecule has 18 heavy (non-hydrogen) atoms. The Balaban J connectivity index is 2.75. The largest absolute Gasteiger partial charge is 0.415 e. The van der Waals surface area contributed by atoms with Crippen molar-refractivity contribution in [3.05, 3.63) is 18.3 Å². The van der Waals surface area contributed by atoms with Crippen LogP contribution in [0.15, 0.2) is 23.2 Å². The predicted molar refractivity (Wildman–Crippen MR) is 55.9 cm³/mol. The van der Waals surface area contributed by atoms with Crippen LogP contribution in [0.25, 0.3) is 0 Å². The second-order valence-corrected chi connectivity index (χ2v) is 5.10. The summed E-state index contributed by atoms with van der Waals surface area (Å²) in [5.74, 6) is 0.0734. The highest BCUT2D eigenvalue weighted by molar-refractivity contribution is 7.89. The molecule has 0 radical (unpaired) electrons. The van der Waals surface area contributed by atoms with Crippen molar-refractivity contribution in [1.29, 1.82) is 0 Å². The van der Waals surface area contributed by atoms with Crippen molar-refractivity contribution in [2.75, 3.05) is 12.3 Å². The normalized spacial score (nSPS) is 14.4. The average Bonchev–Trinajstić information content (AvgIpc) is 2.25. The number of hydrogen-bond acceptors (Lipinski definition) is 5. The van der Waals surface area contributed by atoms with E-state index in [9.17, 15) is 21.6 Å². The van der Waals surface area contributed by atoms with Gasteiger partial charge in [0.25, 0.3) is 0 Å². The molecule has 1 atom stereocenters. The summed E-state index contributed by atoms with van der Waals surface area (Å²) in [6, 6.07) is 2.28. The number of anilines is 1. The molecule has 6 nitrogen and oxygen atoms in total. The molecular weight excluding hydrogens is 275 g/mol. The van der Waals surface area contributed by atoms with Gasteiger partial charge in [0.1, 0.15) is 10.7 Å². The fraction of sp³-hybridized carbons (Fsp3) is 0.375. The molecule has 0 saturated heterocycles. The number of aliphatic hydroxyl groups excluding tert-OH is 1. The van der Waals surface area contributed by atoms with Gasteiger partial charge in [0, 0.05) is 12.7 Å². The van der Waals surface area contributed by atoms with Crippen molar-refractivity contribution in [3.63, 3.8) is 0 Å². The summed E-state index contributed by atoms with van der Waals surface area (Å²) >= 11 is 0. The van der Waals surface area contributed by atoms with Crippen molar-refractivity contribution >= 4 is 15.8 Å². The van der Waals surface area contributed by atoms with Gasteiger partial charge in [0.05, 0.1) is 0 Å². The zero-order valence-electron chi connectivity index (χ0n) is 8.85. The van der Waals surface area contributed by atoms with E-state index >= 15 is 0 Å². The van der Waals surface area contributed by atoms with Gasteiger partial charge in [0.2, 0.25) is 10.0 Å². The lowest BCUT2D eigenvalue weighted by Crippen LogP contribution is -2.40. The first-order valence-electron chi connectivity index (χ1n) is 4.59. The summed E-state index contributed by atoms with van der Waals surface area (Å²) < 4.78 is 60.5. The molecule has 1 unspecified atom stereocenters. The second-order valence-electron chi connectivity index (χ2n) is 3.33. The topological polar surface area (TPSA) is 105 Å². The molecule has 0 saturated carbocycles. The van der Waals surface area contributed by atoms with E-state index in [1.54, 1.807) is 4.72 Å². The molecule has 0 aromatic carbocycles. The Labute approximate surface area is 101 Å². The third kappa shape index (κ3) is 3.82. The number of alkyl halides is 3. The van der Waals surface area contributed by atoms with E-state index in [2.05, 4.69) is 4.98 Å². The minimum absolute atomic E-state index is 0.0734. The quantitative estimate of drug-likeness (QED) is 0.714. The van der Waals surface area contributed by atoms with Crippen molar-refractivity contribution in [1.82, 2.24) is 9.71 Å². The number of pyridine rings is 1. The van der Waals surface area contributed by atoms with Gasteiger partial charge in [0.15, 0.2) is 6.10 Å². The minimum atomic E-state index is -4.89. The Morgan fingerprint density at radius 1 is 1.44 bits per heavy atom. The number of rotatable bonds is 4. The van der Waals surface area contributed by atoms with E-state index in [1.807, 2.05) is 0 Å². The molecular formula is C8H10F3N3O3S.